The lowest BCUT2D eigenvalue weighted by atomic mass is 9.84. The zero-order valence-electron chi connectivity index (χ0n) is 15.7. The Morgan fingerprint density at radius 3 is 2.50 bits per heavy atom. The summed E-state index contributed by atoms with van der Waals surface area (Å²) in [5, 5.41) is 15.3. The third-order valence-electron chi connectivity index (χ3n) is 4.76. The minimum Gasteiger partial charge on any atom is -0.497 e. The molecule has 3 N–H and O–H groups in total. The number of benzene rings is 1. The molecule has 1 amide bonds. The number of rotatable bonds is 10. The Bertz CT molecular complexity index is 599. The summed E-state index contributed by atoms with van der Waals surface area (Å²) in [6, 6.07) is 7.96. The van der Waals surface area contributed by atoms with Gasteiger partial charge in [0.1, 0.15) is 5.75 Å². The van der Waals surface area contributed by atoms with Crippen LogP contribution in [0, 0.1) is 0 Å². The molecule has 2 rings (SSSR count). The van der Waals surface area contributed by atoms with E-state index in [0.29, 0.717) is 18.5 Å². The Hall–Kier alpha value is -2.12. The molecule has 0 radical (unpaired) electrons. The van der Waals surface area contributed by atoms with Crippen molar-refractivity contribution < 1.29 is 19.4 Å². The van der Waals surface area contributed by atoms with Gasteiger partial charge in [-0.05, 0) is 50.6 Å². The first-order valence-corrected chi connectivity index (χ1v) is 9.07. The van der Waals surface area contributed by atoms with Crippen LogP contribution in [0.3, 0.4) is 0 Å². The lowest BCUT2D eigenvalue weighted by Crippen LogP contribution is -2.55. The first-order chi connectivity index (χ1) is 12.4. The molecule has 0 spiro atoms. The minimum atomic E-state index is -0.785. The SMILES string of the molecule is CCN(CC(=O)O)C1CC(NC(C)CC(=O)Nc2ccc(OC)cc2)C1. The predicted molar refractivity (Wildman–Crippen MR) is 101 cm³/mol. The fourth-order valence-corrected chi connectivity index (χ4v) is 3.32. The zero-order valence-corrected chi connectivity index (χ0v) is 15.7. The van der Waals surface area contributed by atoms with Gasteiger partial charge in [0.15, 0.2) is 0 Å². The van der Waals surface area contributed by atoms with E-state index in [-0.39, 0.29) is 18.5 Å². The van der Waals surface area contributed by atoms with Crippen molar-refractivity contribution in [3.05, 3.63) is 24.3 Å². The number of nitrogens with zero attached hydrogens (tertiary/aromatic N) is 1. The van der Waals surface area contributed by atoms with Crippen molar-refractivity contribution in [3.8, 4) is 5.75 Å². The van der Waals surface area contributed by atoms with E-state index < -0.39 is 5.97 Å². The van der Waals surface area contributed by atoms with E-state index in [1.54, 1.807) is 7.11 Å². The number of carbonyl (C=O) groups is 2. The van der Waals surface area contributed by atoms with Crippen LogP contribution in [0.2, 0.25) is 0 Å². The van der Waals surface area contributed by atoms with Gasteiger partial charge >= 0.3 is 5.97 Å². The van der Waals surface area contributed by atoms with Crippen LogP contribution < -0.4 is 15.4 Å². The van der Waals surface area contributed by atoms with Gasteiger partial charge in [0.05, 0.1) is 13.7 Å². The molecule has 0 aliphatic heterocycles. The molecule has 0 aromatic heterocycles. The van der Waals surface area contributed by atoms with E-state index in [0.717, 1.165) is 30.8 Å². The van der Waals surface area contributed by atoms with Gasteiger partial charge in [0.25, 0.3) is 0 Å². The number of hydrogen-bond acceptors (Lipinski definition) is 5. The predicted octanol–water partition coefficient (Wildman–Crippen LogP) is 1.94. The molecule has 0 saturated heterocycles. The number of carboxylic acid groups (broad SMARTS) is 1. The first kappa shape index (κ1) is 20.2. The van der Waals surface area contributed by atoms with Gasteiger partial charge in [-0.15, -0.1) is 0 Å². The van der Waals surface area contributed by atoms with Gasteiger partial charge in [0, 0.05) is 30.2 Å². The molecule has 1 atom stereocenters. The Labute approximate surface area is 154 Å². The lowest BCUT2D eigenvalue weighted by Gasteiger charge is -2.43. The number of methoxy groups -OCH3 is 1. The number of likely N-dealkylation sites (N-methyl/N-ethyl adjacent to an activating group) is 1. The molecular formula is C19H29N3O4. The molecule has 1 aliphatic rings. The highest BCUT2D eigenvalue weighted by Gasteiger charge is 2.34. The number of nitrogens with one attached hydrogen (secondary N) is 2. The zero-order chi connectivity index (χ0) is 19.1. The summed E-state index contributed by atoms with van der Waals surface area (Å²) in [5.41, 5.74) is 0.749. The number of ether oxygens (including phenoxy) is 1. The molecule has 7 nitrogen and oxygen atoms in total. The molecule has 1 saturated carbocycles. The van der Waals surface area contributed by atoms with Crippen molar-refractivity contribution in [2.24, 2.45) is 0 Å². The molecule has 1 aromatic carbocycles. The van der Waals surface area contributed by atoms with Crippen molar-refractivity contribution in [2.75, 3.05) is 25.5 Å². The van der Waals surface area contributed by atoms with Gasteiger partial charge in [-0.3, -0.25) is 14.5 Å². The monoisotopic (exact) mass is 363 g/mol. The van der Waals surface area contributed by atoms with Gasteiger partial charge in [-0.1, -0.05) is 6.92 Å². The molecule has 7 heteroatoms. The number of anilines is 1. The van der Waals surface area contributed by atoms with Crippen LogP contribution in [-0.4, -0.2) is 60.2 Å². The maximum atomic E-state index is 12.1. The lowest BCUT2D eigenvalue weighted by molar-refractivity contribution is -0.139. The Morgan fingerprint density at radius 2 is 1.96 bits per heavy atom. The van der Waals surface area contributed by atoms with Crippen LogP contribution in [0.5, 0.6) is 5.75 Å². The molecule has 1 fully saturated rings. The quantitative estimate of drug-likeness (QED) is 0.588. The van der Waals surface area contributed by atoms with Gasteiger partial charge < -0.3 is 20.5 Å². The van der Waals surface area contributed by atoms with Crippen LogP contribution in [0.15, 0.2) is 24.3 Å². The summed E-state index contributed by atoms with van der Waals surface area (Å²) in [4.78, 5) is 25.0. The van der Waals surface area contributed by atoms with E-state index in [9.17, 15) is 9.59 Å². The van der Waals surface area contributed by atoms with Crippen LogP contribution in [0.4, 0.5) is 5.69 Å². The largest absolute Gasteiger partial charge is 0.497 e. The van der Waals surface area contributed by atoms with E-state index >= 15 is 0 Å². The second kappa shape index (κ2) is 9.54. The number of carbonyl (C=O) groups excluding carboxylic acids is 1. The number of aliphatic carboxylic acids is 1. The molecular weight excluding hydrogens is 334 g/mol. The molecule has 1 unspecified atom stereocenters. The standard InChI is InChI=1S/C19H29N3O4/c1-4-22(12-19(24)25)16-10-15(11-16)20-13(2)9-18(23)21-14-5-7-17(26-3)8-6-14/h5-8,13,15-16,20H,4,9-12H2,1-3H3,(H,21,23)(H,24,25). The van der Waals surface area contributed by atoms with Crippen molar-refractivity contribution in [3.63, 3.8) is 0 Å². The van der Waals surface area contributed by atoms with Gasteiger partial charge in [-0.2, -0.15) is 0 Å². The first-order valence-electron chi connectivity index (χ1n) is 9.07. The fraction of sp³-hybridized carbons (Fsp3) is 0.579. The average molecular weight is 363 g/mol. The summed E-state index contributed by atoms with van der Waals surface area (Å²) >= 11 is 0. The second-order valence-electron chi connectivity index (χ2n) is 6.83. The van der Waals surface area contributed by atoms with Gasteiger partial charge in [0.2, 0.25) is 5.91 Å². The molecule has 1 aromatic rings. The summed E-state index contributed by atoms with van der Waals surface area (Å²) in [5.74, 6) is -0.0690. The number of carboxylic acids is 1. The molecule has 0 bridgehead atoms. The van der Waals surface area contributed by atoms with Crippen LogP contribution in [0.25, 0.3) is 0 Å². The highest BCUT2D eigenvalue weighted by atomic mass is 16.5. The van der Waals surface area contributed by atoms with E-state index in [1.165, 1.54) is 0 Å². The Balaban J connectivity index is 1.69. The topological polar surface area (TPSA) is 90.9 Å². The van der Waals surface area contributed by atoms with Gasteiger partial charge in [-0.25, -0.2) is 0 Å². The van der Waals surface area contributed by atoms with E-state index in [1.807, 2.05) is 43.0 Å². The van der Waals surface area contributed by atoms with Crippen molar-refractivity contribution >= 4 is 17.6 Å². The van der Waals surface area contributed by atoms with Crippen LogP contribution in [0.1, 0.15) is 33.1 Å². The summed E-state index contributed by atoms with van der Waals surface area (Å²) in [7, 11) is 1.60. The highest BCUT2D eigenvalue weighted by molar-refractivity contribution is 5.91. The summed E-state index contributed by atoms with van der Waals surface area (Å²) in [6.45, 7) is 4.81. The number of amides is 1. The van der Waals surface area contributed by atoms with E-state index in [2.05, 4.69) is 10.6 Å². The Morgan fingerprint density at radius 1 is 1.31 bits per heavy atom. The van der Waals surface area contributed by atoms with Crippen LogP contribution >= 0.6 is 0 Å². The van der Waals surface area contributed by atoms with E-state index in [4.69, 9.17) is 9.84 Å². The maximum absolute atomic E-state index is 12.1. The van der Waals surface area contributed by atoms with Crippen molar-refractivity contribution in [2.45, 2.75) is 51.2 Å². The highest BCUT2D eigenvalue weighted by Crippen LogP contribution is 2.26. The smallest absolute Gasteiger partial charge is 0.317 e. The normalized spacial score (nSPS) is 20.3. The molecule has 1 aliphatic carbocycles. The second-order valence-corrected chi connectivity index (χ2v) is 6.83. The minimum absolute atomic E-state index is 0.0351. The molecule has 144 valence electrons. The third kappa shape index (κ3) is 6.00. The molecule has 0 heterocycles. The van der Waals surface area contributed by atoms with Crippen LogP contribution in [-0.2, 0) is 9.59 Å². The molecule has 26 heavy (non-hydrogen) atoms. The number of hydrogen-bond donors (Lipinski definition) is 3. The average Bonchev–Trinajstić information content (AvgIpc) is 2.56. The maximum Gasteiger partial charge on any atom is 0.317 e. The Kier molecular flexibility index (Phi) is 7.41. The summed E-state index contributed by atoms with van der Waals surface area (Å²) < 4.78 is 5.10. The van der Waals surface area contributed by atoms with Crippen molar-refractivity contribution in [1.29, 1.82) is 0 Å². The fourth-order valence-electron chi connectivity index (χ4n) is 3.32. The van der Waals surface area contributed by atoms with Crippen molar-refractivity contribution in [1.82, 2.24) is 10.2 Å². The summed E-state index contributed by atoms with van der Waals surface area (Å²) in [6.07, 6.45) is 2.23. The third-order valence-corrected chi connectivity index (χ3v) is 4.76.